The van der Waals surface area contributed by atoms with E-state index >= 15 is 0 Å². The minimum absolute atomic E-state index is 0.0439. The number of carbonyl (C=O) groups is 2. The molecule has 2 aromatic carbocycles. The molecule has 0 radical (unpaired) electrons. The lowest BCUT2D eigenvalue weighted by Gasteiger charge is -2.58. The van der Waals surface area contributed by atoms with E-state index in [-0.39, 0.29) is 48.8 Å². The molecule has 0 spiro atoms. The van der Waals surface area contributed by atoms with Crippen molar-refractivity contribution in [3.8, 4) is 11.1 Å². The van der Waals surface area contributed by atoms with Crippen LogP contribution in [0.3, 0.4) is 0 Å². The van der Waals surface area contributed by atoms with Gasteiger partial charge in [0.2, 0.25) is 11.8 Å². The average molecular weight is 454 g/mol. The van der Waals surface area contributed by atoms with Gasteiger partial charge in [0.25, 0.3) is 0 Å². The van der Waals surface area contributed by atoms with Crippen molar-refractivity contribution >= 4 is 11.8 Å². The Morgan fingerprint density at radius 3 is 2.55 bits per heavy atom. The lowest BCUT2D eigenvalue weighted by Crippen LogP contribution is -2.73. The predicted octanol–water partition coefficient (Wildman–Crippen LogP) is 1.32. The zero-order valence-electron chi connectivity index (χ0n) is 18.4. The molecular weight excluding hydrogens is 425 g/mol. The number of nitrogens with zero attached hydrogens (tertiary/aromatic N) is 3. The molecule has 3 fully saturated rings. The molecule has 3 aliphatic heterocycles. The van der Waals surface area contributed by atoms with Crippen LogP contribution in [-0.4, -0.2) is 96.2 Å². The van der Waals surface area contributed by atoms with Crippen LogP contribution in [0.15, 0.2) is 48.5 Å². The molecule has 174 valence electrons. The number of halogens is 1. The van der Waals surface area contributed by atoms with Gasteiger partial charge in [-0.05, 0) is 28.8 Å². The third-order valence-corrected chi connectivity index (χ3v) is 7.02. The number of aliphatic hydroxyl groups is 1. The van der Waals surface area contributed by atoms with Gasteiger partial charge in [0.05, 0.1) is 45.0 Å². The van der Waals surface area contributed by atoms with E-state index in [0.717, 1.165) is 29.8 Å². The van der Waals surface area contributed by atoms with Gasteiger partial charge in [-0.25, -0.2) is 4.39 Å². The molecule has 5 rings (SSSR count). The fourth-order valence-electron chi connectivity index (χ4n) is 5.31. The monoisotopic (exact) mass is 453 g/mol. The number of fused-ring (bicyclic) bond motifs is 1. The lowest BCUT2D eigenvalue weighted by atomic mass is 9.73. The van der Waals surface area contributed by atoms with Gasteiger partial charge in [-0.1, -0.05) is 36.4 Å². The SMILES string of the molecule is O=C(CN1CCOCC1)N1CC(=O)N2[C@@H](CO)[C@H](c3ccc(-c4cccc(F)c4)cc3)[C@@H]2C1. The number of hydrogen-bond acceptors (Lipinski definition) is 5. The molecular formula is C25H28FN3O4. The largest absolute Gasteiger partial charge is 0.394 e. The van der Waals surface area contributed by atoms with Crippen molar-refractivity contribution in [3.05, 3.63) is 59.9 Å². The summed E-state index contributed by atoms with van der Waals surface area (Å²) in [6, 6.07) is 13.8. The molecule has 7 nitrogen and oxygen atoms in total. The zero-order chi connectivity index (χ0) is 22.9. The van der Waals surface area contributed by atoms with Gasteiger partial charge in [-0.15, -0.1) is 0 Å². The Hall–Kier alpha value is -2.81. The van der Waals surface area contributed by atoms with E-state index < -0.39 is 0 Å². The summed E-state index contributed by atoms with van der Waals surface area (Å²) >= 11 is 0. The first-order valence-corrected chi connectivity index (χ1v) is 11.4. The maximum absolute atomic E-state index is 13.6. The van der Waals surface area contributed by atoms with Gasteiger partial charge in [0, 0.05) is 25.6 Å². The highest BCUT2D eigenvalue weighted by Gasteiger charge is 2.54. The maximum Gasteiger partial charge on any atom is 0.242 e. The second-order valence-corrected chi connectivity index (χ2v) is 8.94. The standard InChI is InChI=1S/C25H28FN3O4/c26-20-3-1-2-19(12-20)17-4-6-18(7-5-17)25-21-13-28(15-24(32)29(21)22(25)16-30)23(31)14-27-8-10-33-11-9-27/h1-7,12,21-22,25,30H,8-11,13-16H2/t21-,22-,25+/m0/s1. The molecule has 2 amide bonds. The lowest BCUT2D eigenvalue weighted by molar-refractivity contribution is -0.167. The molecule has 0 aliphatic carbocycles. The minimum atomic E-state index is -0.293. The summed E-state index contributed by atoms with van der Waals surface area (Å²) in [4.78, 5) is 31.2. The number of piperazine rings is 1. The van der Waals surface area contributed by atoms with Crippen LogP contribution in [0.5, 0.6) is 0 Å². The average Bonchev–Trinajstić information content (AvgIpc) is 2.81. The molecule has 3 saturated heterocycles. The zero-order valence-corrected chi connectivity index (χ0v) is 18.4. The number of benzene rings is 2. The summed E-state index contributed by atoms with van der Waals surface area (Å²) < 4.78 is 18.9. The third kappa shape index (κ3) is 4.26. The van der Waals surface area contributed by atoms with Crippen LogP contribution in [0.1, 0.15) is 11.5 Å². The van der Waals surface area contributed by atoms with E-state index in [2.05, 4.69) is 4.90 Å². The first-order valence-electron chi connectivity index (χ1n) is 11.4. The fourth-order valence-corrected chi connectivity index (χ4v) is 5.31. The van der Waals surface area contributed by atoms with Crippen molar-refractivity contribution in [1.29, 1.82) is 0 Å². The van der Waals surface area contributed by atoms with Crippen molar-refractivity contribution in [2.75, 3.05) is 52.5 Å². The number of hydrogen-bond donors (Lipinski definition) is 1. The summed E-state index contributed by atoms with van der Waals surface area (Å²) in [5.41, 5.74) is 2.70. The number of rotatable bonds is 5. The summed E-state index contributed by atoms with van der Waals surface area (Å²) in [5.74, 6) is -0.501. The summed E-state index contributed by atoms with van der Waals surface area (Å²) in [6.07, 6.45) is 0. The van der Waals surface area contributed by atoms with Crippen LogP contribution in [0.25, 0.3) is 11.1 Å². The molecule has 3 heterocycles. The van der Waals surface area contributed by atoms with Crippen molar-refractivity contribution in [2.24, 2.45) is 0 Å². The molecule has 0 bridgehead atoms. The Kier molecular flexibility index (Phi) is 6.14. The summed E-state index contributed by atoms with van der Waals surface area (Å²) in [6.45, 7) is 3.36. The van der Waals surface area contributed by atoms with E-state index in [1.807, 2.05) is 30.3 Å². The Bertz CT molecular complexity index is 1020. The van der Waals surface area contributed by atoms with Crippen molar-refractivity contribution in [2.45, 2.75) is 18.0 Å². The molecule has 0 aromatic heterocycles. The van der Waals surface area contributed by atoms with Gasteiger partial charge < -0.3 is 19.6 Å². The number of ether oxygens (including phenoxy) is 1. The number of aliphatic hydroxyl groups excluding tert-OH is 1. The second-order valence-electron chi connectivity index (χ2n) is 8.94. The molecule has 33 heavy (non-hydrogen) atoms. The molecule has 0 unspecified atom stereocenters. The first kappa shape index (κ1) is 22.0. The Balaban J connectivity index is 1.31. The molecule has 1 N–H and O–H groups in total. The van der Waals surface area contributed by atoms with Crippen LogP contribution >= 0.6 is 0 Å². The minimum Gasteiger partial charge on any atom is -0.394 e. The van der Waals surface area contributed by atoms with Gasteiger partial charge in [-0.2, -0.15) is 0 Å². The number of carbonyl (C=O) groups excluding carboxylic acids is 2. The number of amides is 2. The Labute approximate surface area is 192 Å². The predicted molar refractivity (Wildman–Crippen MR) is 120 cm³/mol. The van der Waals surface area contributed by atoms with Crippen LogP contribution < -0.4 is 0 Å². The topological polar surface area (TPSA) is 73.3 Å². The van der Waals surface area contributed by atoms with Gasteiger partial charge in [0.1, 0.15) is 5.82 Å². The molecule has 8 heteroatoms. The molecule has 3 atom stereocenters. The Morgan fingerprint density at radius 2 is 1.85 bits per heavy atom. The highest BCUT2D eigenvalue weighted by Crippen LogP contribution is 2.43. The van der Waals surface area contributed by atoms with Crippen LogP contribution in [0, 0.1) is 5.82 Å². The van der Waals surface area contributed by atoms with Crippen molar-refractivity contribution < 1.29 is 23.8 Å². The van der Waals surface area contributed by atoms with Gasteiger partial charge in [-0.3, -0.25) is 14.5 Å². The highest BCUT2D eigenvalue weighted by atomic mass is 19.1. The summed E-state index contributed by atoms with van der Waals surface area (Å²) in [7, 11) is 0. The normalized spacial score (nSPS) is 25.5. The van der Waals surface area contributed by atoms with Crippen LogP contribution in [0.4, 0.5) is 4.39 Å². The van der Waals surface area contributed by atoms with E-state index in [0.29, 0.717) is 26.3 Å². The van der Waals surface area contributed by atoms with Gasteiger partial charge >= 0.3 is 0 Å². The summed E-state index contributed by atoms with van der Waals surface area (Å²) in [5, 5.41) is 9.99. The molecule has 0 saturated carbocycles. The molecule has 3 aliphatic rings. The van der Waals surface area contributed by atoms with E-state index in [4.69, 9.17) is 4.74 Å². The third-order valence-electron chi connectivity index (χ3n) is 7.02. The van der Waals surface area contributed by atoms with Crippen LogP contribution in [0.2, 0.25) is 0 Å². The second kappa shape index (κ2) is 9.21. The highest BCUT2D eigenvalue weighted by molar-refractivity contribution is 5.88. The fraction of sp³-hybridized carbons (Fsp3) is 0.440. The maximum atomic E-state index is 13.6. The molecule has 2 aromatic rings. The van der Waals surface area contributed by atoms with Gasteiger partial charge in [0.15, 0.2) is 0 Å². The van der Waals surface area contributed by atoms with E-state index in [9.17, 15) is 19.1 Å². The Morgan fingerprint density at radius 1 is 1.09 bits per heavy atom. The smallest absolute Gasteiger partial charge is 0.242 e. The van der Waals surface area contributed by atoms with Crippen LogP contribution in [-0.2, 0) is 14.3 Å². The van der Waals surface area contributed by atoms with Crippen molar-refractivity contribution in [1.82, 2.24) is 14.7 Å². The first-order chi connectivity index (χ1) is 16.0. The van der Waals surface area contributed by atoms with E-state index in [1.54, 1.807) is 15.9 Å². The van der Waals surface area contributed by atoms with Crippen molar-refractivity contribution in [3.63, 3.8) is 0 Å². The van der Waals surface area contributed by atoms with E-state index in [1.165, 1.54) is 12.1 Å². The quantitative estimate of drug-likeness (QED) is 0.740. The number of morpholine rings is 1.